The average Bonchev–Trinajstić information content (AvgIpc) is 2.84. The van der Waals surface area contributed by atoms with E-state index in [0.717, 1.165) is 30.0 Å². The highest BCUT2D eigenvalue weighted by molar-refractivity contribution is 4.93. The van der Waals surface area contributed by atoms with Gasteiger partial charge in [0.15, 0.2) is 0 Å². The third-order valence-corrected chi connectivity index (χ3v) is 6.85. The van der Waals surface area contributed by atoms with E-state index in [0.29, 0.717) is 0 Å². The molecule has 4 aliphatic rings. The number of fused-ring (bicyclic) bond motifs is 3. The molecule has 4 saturated heterocycles. The normalized spacial score (nSPS) is 44.7. The average molecular weight is 291 g/mol. The molecule has 4 aliphatic heterocycles. The fraction of sp³-hybridized carbons (Fsp3) is 1.00. The summed E-state index contributed by atoms with van der Waals surface area (Å²) in [6.45, 7) is 5.44. The number of hydrogen-bond donors (Lipinski definition) is 1. The lowest BCUT2D eigenvalue weighted by atomic mass is 9.83. The molecule has 0 radical (unpaired) electrons. The summed E-state index contributed by atoms with van der Waals surface area (Å²) < 4.78 is 0. The standard InChI is InChI=1S/C18H33N3/c1-20-8-2-3-15-13-21(10-7-18(15)20)9-6-14-11-16-4-5-17(12-14)19-16/h14-19H,2-13H2,1H3. The van der Waals surface area contributed by atoms with E-state index in [1.165, 1.54) is 77.5 Å². The molecule has 0 saturated carbocycles. The van der Waals surface area contributed by atoms with Gasteiger partial charge in [-0.2, -0.15) is 0 Å². The molecular formula is C18H33N3. The van der Waals surface area contributed by atoms with Crippen molar-refractivity contribution in [1.82, 2.24) is 15.1 Å². The zero-order chi connectivity index (χ0) is 14.2. The molecular weight excluding hydrogens is 258 g/mol. The molecule has 4 rings (SSSR count). The van der Waals surface area contributed by atoms with Crippen LogP contribution in [0.2, 0.25) is 0 Å². The molecule has 1 N–H and O–H groups in total. The van der Waals surface area contributed by atoms with Crippen molar-refractivity contribution in [3.8, 4) is 0 Å². The second-order valence-electron chi connectivity index (χ2n) is 8.30. The van der Waals surface area contributed by atoms with Gasteiger partial charge in [-0.3, -0.25) is 0 Å². The van der Waals surface area contributed by atoms with E-state index in [1.54, 1.807) is 0 Å². The Labute approximate surface area is 130 Å². The minimum absolute atomic E-state index is 0.867. The van der Waals surface area contributed by atoms with Crippen molar-refractivity contribution in [1.29, 1.82) is 0 Å². The molecule has 4 fully saturated rings. The molecule has 0 aliphatic carbocycles. The summed E-state index contributed by atoms with van der Waals surface area (Å²) in [5, 5.41) is 3.78. The Hall–Kier alpha value is -0.120. The maximum absolute atomic E-state index is 3.78. The summed E-state index contributed by atoms with van der Waals surface area (Å²) in [6.07, 6.45) is 11.6. The number of nitrogens with one attached hydrogen (secondary N) is 1. The molecule has 4 heterocycles. The van der Waals surface area contributed by atoms with E-state index in [-0.39, 0.29) is 0 Å². The predicted octanol–water partition coefficient (Wildman–Crippen LogP) is 2.32. The Morgan fingerprint density at radius 1 is 1.00 bits per heavy atom. The largest absolute Gasteiger partial charge is 0.311 e. The van der Waals surface area contributed by atoms with E-state index in [4.69, 9.17) is 0 Å². The quantitative estimate of drug-likeness (QED) is 0.861. The summed E-state index contributed by atoms with van der Waals surface area (Å²) in [5.41, 5.74) is 0. The third kappa shape index (κ3) is 3.16. The zero-order valence-corrected chi connectivity index (χ0v) is 13.8. The van der Waals surface area contributed by atoms with E-state index in [2.05, 4.69) is 22.2 Å². The molecule has 4 atom stereocenters. The minimum Gasteiger partial charge on any atom is -0.311 e. The lowest BCUT2D eigenvalue weighted by Gasteiger charge is -2.46. The van der Waals surface area contributed by atoms with Crippen molar-refractivity contribution in [2.75, 3.05) is 33.2 Å². The molecule has 2 bridgehead atoms. The zero-order valence-electron chi connectivity index (χ0n) is 13.8. The first-order valence-corrected chi connectivity index (χ1v) is 9.46. The smallest absolute Gasteiger partial charge is 0.0145 e. The van der Waals surface area contributed by atoms with Gasteiger partial charge in [-0.05, 0) is 89.9 Å². The van der Waals surface area contributed by atoms with Crippen LogP contribution >= 0.6 is 0 Å². The van der Waals surface area contributed by atoms with Crippen molar-refractivity contribution >= 4 is 0 Å². The van der Waals surface area contributed by atoms with Gasteiger partial charge in [0.25, 0.3) is 0 Å². The van der Waals surface area contributed by atoms with Crippen LogP contribution in [0.5, 0.6) is 0 Å². The van der Waals surface area contributed by atoms with Crippen molar-refractivity contribution in [2.45, 2.75) is 69.5 Å². The fourth-order valence-electron chi connectivity index (χ4n) is 5.71. The highest BCUT2D eigenvalue weighted by Crippen LogP contribution is 2.34. The Kier molecular flexibility index (Phi) is 4.25. The SMILES string of the molecule is CN1CCCC2CN(CCC3CC4CCC(C3)N4)CCC21. The summed E-state index contributed by atoms with van der Waals surface area (Å²) in [4.78, 5) is 5.43. The van der Waals surface area contributed by atoms with Gasteiger partial charge in [0, 0.05) is 24.7 Å². The van der Waals surface area contributed by atoms with Gasteiger partial charge >= 0.3 is 0 Å². The van der Waals surface area contributed by atoms with Crippen LogP contribution in [0.1, 0.15) is 51.4 Å². The van der Waals surface area contributed by atoms with Gasteiger partial charge in [-0.1, -0.05) is 0 Å². The molecule has 0 amide bonds. The van der Waals surface area contributed by atoms with Crippen molar-refractivity contribution < 1.29 is 0 Å². The highest BCUT2D eigenvalue weighted by atomic mass is 15.2. The number of likely N-dealkylation sites (tertiary alicyclic amines) is 2. The van der Waals surface area contributed by atoms with Crippen molar-refractivity contribution in [2.24, 2.45) is 11.8 Å². The van der Waals surface area contributed by atoms with Gasteiger partial charge in [0.2, 0.25) is 0 Å². The first-order chi connectivity index (χ1) is 10.3. The van der Waals surface area contributed by atoms with Crippen LogP contribution in [-0.2, 0) is 0 Å². The van der Waals surface area contributed by atoms with Gasteiger partial charge in [0.05, 0.1) is 0 Å². The summed E-state index contributed by atoms with van der Waals surface area (Å²) in [7, 11) is 2.34. The predicted molar refractivity (Wildman–Crippen MR) is 87.5 cm³/mol. The van der Waals surface area contributed by atoms with E-state index >= 15 is 0 Å². The van der Waals surface area contributed by atoms with Crippen LogP contribution in [-0.4, -0.2) is 61.2 Å². The number of nitrogens with zero attached hydrogens (tertiary/aromatic N) is 2. The fourth-order valence-corrected chi connectivity index (χ4v) is 5.71. The topological polar surface area (TPSA) is 18.5 Å². The van der Waals surface area contributed by atoms with E-state index in [1.807, 2.05) is 0 Å². The van der Waals surface area contributed by atoms with E-state index in [9.17, 15) is 0 Å². The van der Waals surface area contributed by atoms with Gasteiger partial charge in [0.1, 0.15) is 0 Å². The van der Waals surface area contributed by atoms with Crippen LogP contribution in [0.25, 0.3) is 0 Å². The molecule has 21 heavy (non-hydrogen) atoms. The second-order valence-corrected chi connectivity index (χ2v) is 8.30. The highest BCUT2D eigenvalue weighted by Gasteiger charge is 2.36. The first-order valence-electron chi connectivity index (χ1n) is 9.46. The first kappa shape index (κ1) is 14.5. The van der Waals surface area contributed by atoms with Crippen LogP contribution in [0.4, 0.5) is 0 Å². The van der Waals surface area contributed by atoms with Gasteiger partial charge in [-0.15, -0.1) is 0 Å². The lowest BCUT2D eigenvalue weighted by molar-refractivity contribution is 0.0355. The molecule has 3 nitrogen and oxygen atoms in total. The summed E-state index contributed by atoms with van der Waals surface area (Å²) in [6, 6.07) is 2.63. The minimum atomic E-state index is 0.867. The maximum Gasteiger partial charge on any atom is 0.0145 e. The number of rotatable bonds is 3. The monoisotopic (exact) mass is 291 g/mol. The molecule has 0 aromatic carbocycles. The molecule has 0 aromatic rings. The van der Waals surface area contributed by atoms with Crippen molar-refractivity contribution in [3.05, 3.63) is 0 Å². The Morgan fingerprint density at radius 2 is 1.81 bits per heavy atom. The maximum atomic E-state index is 3.78. The van der Waals surface area contributed by atoms with Crippen LogP contribution < -0.4 is 5.32 Å². The van der Waals surface area contributed by atoms with Crippen LogP contribution in [0.15, 0.2) is 0 Å². The molecule has 0 spiro atoms. The molecule has 0 aromatic heterocycles. The third-order valence-electron chi connectivity index (χ3n) is 6.85. The Bertz CT molecular complexity index is 346. The lowest BCUT2D eigenvalue weighted by Crippen LogP contribution is -2.53. The number of piperidine rings is 3. The van der Waals surface area contributed by atoms with E-state index < -0.39 is 0 Å². The van der Waals surface area contributed by atoms with Gasteiger partial charge in [-0.25, -0.2) is 0 Å². The summed E-state index contributed by atoms with van der Waals surface area (Å²) >= 11 is 0. The Balaban J connectivity index is 1.25. The van der Waals surface area contributed by atoms with Gasteiger partial charge < -0.3 is 15.1 Å². The second kappa shape index (κ2) is 6.17. The van der Waals surface area contributed by atoms with Crippen molar-refractivity contribution in [3.63, 3.8) is 0 Å². The molecule has 3 heteroatoms. The molecule has 120 valence electrons. The van der Waals surface area contributed by atoms with Crippen LogP contribution in [0.3, 0.4) is 0 Å². The van der Waals surface area contributed by atoms with Crippen LogP contribution in [0, 0.1) is 11.8 Å². The Morgan fingerprint density at radius 3 is 2.62 bits per heavy atom. The number of hydrogen-bond acceptors (Lipinski definition) is 3. The summed E-state index contributed by atoms with van der Waals surface area (Å²) in [5.74, 6) is 1.97. The molecule has 4 unspecified atom stereocenters.